The van der Waals surface area contributed by atoms with Crippen molar-refractivity contribution in [3.05, 3.63) is 72.3 Å². The summed E-state index contributed by atoms with van der Waals surface area (Å²) in [7, 11) is -2.52. The molecule has 29 heavy (non-hydrogen) atoms. The molecule has 1 aliphatic rings. The lowest BCUT2D eigenvalue weighted by molar-refractivity contribution is -0.0225. The highest BCUT2D eigenvalue weighted by molar-refractivity contribution is 7.33. The van der Waals surface area contributed by atoms with E-state index in [9.17, 15) is 14.2 Å². The van der Waals surface area contributed by atoms with Crippen molar-refractivity contribution in [2.45, 2.75) is 31.7 Å². The maximum absolute atomic E-state index is 12.1. The quantitative estimate of drug-likeness (QED) is 0.302. The summed E-state index contributed by atoms with van der Waals surface area (Å²) in [6.45, 7) is 1.36. The number of H-pyrrole nitrogens is 1. The minimum atomic E-state index is -2.52. The van der Waals surface area contributed by atoms with Crippen LogP contribution in [0.15, 0.2) is 45.2 Å². The second kappa shape index (κ2) is 9.21. The molecule has 152 valence electrons. The van der Waals surface area contributed by atoms with E-state index in [4.69, 9.17) is 30.9 Å². The van der Waals surface area contributed by atoms with Crippen molar-refractivity contribution >= 4 is 19.9 Å². The molecule has 0 amide bonds. The summed E-state index contributed by atoms with van der Waals surface area (Å²) in [6, 6.07) is 5.56. The standard InChI is InChI=1S/C16H15ClN5O6P/c1-9-7-22(16(24)19-15(9)23)14-6-12(20-21-18)13(27-14)8-26-29(25)28-11-4-2-10(17)3-5-11/h2-5,7,12-14H,6,8H2,1H3/p+1/t12-,13+,14+/m0/s1. The van der Waals surface area contributed by atoms with Crippen molar-refractivity contribution in [3.8, 4) is 5.75 Å². The molecule has 1 aromatic heterocycles. The van der Waals surface area contributed by atoms with Gasteiger partial charge in [0.2, 0.25) is 0 Å². The number of hydrogen-bond acceptors (Lipinski definition) is 7. The van der Waals surface area contributed by atoms with E-state index in [0.717, 1.165) is 0 Å². The Morgan fingerprint density at radius 1 is 1.41 bits per heavy atom. The number of hydrogen-bond donors (Lipinski definition) is 1. The average molecular weight is 441 g/mol. The third-order valence-electron chi connectivity index (χ3n) is 4.20. The van der Waals surface area contributed by atoms with Gasteiger partial charge in [-0.25, -0.2) is 9.32 Å². The van der Waals surface area contributed by atoms with Gasteiger partial charge in [-0.2, -0.15) is 0 Å². The van der Waals surface area contributed by atoms with Crippen LogP contribution in [0.5, 0.6) is 5.75 Å². The van der Waals surface area contributed by atoms with Crippen LogP contribution in [0, 0.1) is 6.92 Å². The molecule has 11 nitrogen and oxygen atoms in total. The van der Waals surface area contributed by atoms with Crippen molar-refractivity contribution in [3.63, 3.8) is 0 Å². The minimum absolute atomic E-state index is 0.179. The van der Waals surface area contributed by atoms with Gasteiger partial charge < -0.3 is 4.74 Å². The summed E-state index contributed by atoms with van der Waals surface area (Å²) in [5, 5.41) is 4.16. The van der Waals surface area contributed by atoms with E-state index in [1.54, 1.807) is 19.1 Å². The average Bonchev–Trinajstić information content (AvgIpc) is 3.08. The Labute approximate surface area is 169 Å². The number of azide groups is 1. The molecule has 1 saturated heterocycles. The lowest BCUT2D eigenvalue weighted by Crippen LogP contribution is -2.33. The van der Waals surface area contributed by atoms with E-state index in [-0.39, 0.29) is 13.0 Å². The summed E-state index contributed by atoms with van der Waals surface area (Å²) < 4.78 is 29.3. The molecule has 0 bridgehead atoms. The maximum Gasteiger partial charge on any atom is 0.750 e. The van der Waals surface area contributed by atoms with Gasteiger partial charge in [-0.3, -0.25) is 14.3 Å². The number of rotatable bonds is 7. The van der Waals surface area contributed by atoms with E-state index in [0.29, 0.717) is 16.3 Å². The monoisotopic (exact) mass is 440 g/mol. The number of nitrogens with one attached hydrogen (secondary N) is 1. The molecule has 1 aliphatic heterocycles. The van der Waals surface area contributed by atoms with E-state index in [1.165, 1.54) is 22.9 Å². The lowest BCUT2D eigenvalue weighted by atomic mass is 10.1. The smallest absolute Gasteiger partial charge is 0.352 e. The number of aryl methyl sites for hydroxylation is 1. The topological polar surface area (TPSA) is 148 Å². The van der Waals surface area contributed by atoms with Crippen LogP contribution in [-0.4, -0.2) is 28.3 Å². The largest absolute Gasteiger partial charge is 0.750 e. The number of aromatic amines is 1. The van der Waals surface area contributed by atoms with E-state index in [1.807, 2.05) is 0 Å². The Morgan fingerprint density at radius 3 is 2.83 bits per heavy atom. The predicted octanol–water partition coefficient (Wildman–Crippen LogP) is 3.22. The van der Waals surface area contributed by atoms with Crippen molar-refractivity contribution in [2.75, 3.05) is 6.61 Å². The van der Waals surface area contributed by atoms with Gasteiger partial charge in [0, 0.05) is 32.7 Å². The third kappa shape index (κ3) is 5.23. The van der Waals surface area contributed by atoms with Crippen molar-refractivity contribution in [1.29, 1.82) is 0 Å². The molecule has 0 saturated carbocycles. The Balaban J connectivity index is 1.66. The summed E-state index contributed by atoms with van der Waals surface area (Å²) >= 11 is 5.78. The Hall–Kier alpha value is -2.68. The minimum Gasteiger partial charge on any atom is -0.352 e. The normalized spacial score (nSPS) is 21.4. The highest BCUT2D eigenvalue weighted by Gasteiger charge is 2.39. The highest BCUT2D eigenvalue weighted by Crippen LogP contribution is 2.34. The first-order valence-corrected chi connectivity index (χ1v) is 9.90. The van der Waals surface area contributed by atoms with Gasteiger partial charge in [-0.05, 0) is 36.7 Å². The summed E-state index contributed by atoms with van der Waals surface area (Å²) in [4.78, 5) is 28.6. The molecular weight excluding hydrogens is 425 g/mol. The van der Waals surface area contributed by atoms with Gasteiger partial charge in [0.05, 0.1) is 12.1 Å². The van der Waals surface area contributed by atoms with Crippen LogP contribution < -0.4 is 15.8 Å². The molecule has 2 aromatic rings. The zero-order chi connectivity index (χ0) is 21.0. The number of ether oxygens (including phenoxy) is 1. The van der Waals surface area contributed by atoms with Crippen LogP contribution >= 0.6 is 19.9 Å². The number of nitrogens with zero attached hydrogens (tertiary/aromatic N) is 4. The number of aromatic nitrogens is 2. The molecule has 13 heteroatoms. The van der Waals surface area contributed by atoms with Crippen molar-refractivity contribution < 1.29 is 18.3 Å². The van der Waals surface area contributed by atoms with Crippen LogP contribution in [0.25, 0.3) is 10.4 Å². The molecule has 1 aromatic carbocycles. The lowest BCUT2D eigenvalue weighted by Gasteiger charge is -2.14. The molecular formula is C16H16ClN5O6P+. The van der Waals surface area contributed by atoms with Crippen LogP contribution in [0.1, 0.15) is 18.2 Å². The molecule has 1 unspecified atom stereocenters. The molecule has 3 rings (SSSR count). The second-order valence-corrected chi connectivity index (χ2v) is 7.50. The highest BCUT2D eigenvalue weighted by atomic mass is 35.5. The van der Waals surface area contributed by atoms with Crippen LogP contribution in [0.3, 0.4) is 0 Å². The predicted molar refractivity (Wildman–Crippen MR) is 103 cm³/mol. The fourth-order valence-corrected chi connectivity index (χ4v) is 3.51. The van der Waals surface area contributed by atoms with Gasteiger partial charge in [0.25, 0.3) is 5.56 Å². The molecule has 1 fully saturated rings. The molecule has 2 heterocycles. The molecule has 1 N–H and O–H groups in total. The van der Waals surface area contributed by atoms with Gasteiger partial charge in [0.1, 0.15) is 12.8 Å². The summed E-state index contributed by atoms with van der Waals surface area (Å²) in [5.41, 5.74) is 7.97. The van der Waals surface area contributed by atoms with Crippen LogP contribution in [-0.2, 0) is 13.8 Å². The number of benzene rings is 1. The fourth-order valence-electron chi connectivity index (χ4n) is 2.77. The summed E-state index contributed by atoms with van der Waals surface area (Å²) in [6.07, 6.45) is 0.00463. The molecule has 0 spiro atoms. The van der Waals surface area contributed by atoms with Crippen LogP contribution in [0.4, 0.5) is 0 Å². The van der Waals surface area contributed by atoms with E-state index in [2.05, 4.69) is 15.0 Å². The SMILES string of the molecule is Cc1cn([C@H]2C[C@H](N=[N+]=[N-])[C@@H](CO[P+](=O)Oc3ccc(Cl)cc3)O2)c(=O)[nH]c1=O. The second-order valence-electron chi connectivity index (χ2n) is 6.18. The van der Waals surface area contributed by atoms with Crippen molar-refractivity contribution in [1.82, 2.24) is 9.55 Å². The fraction of sp³-hybridized carbons (Fsp3) is 0.375. The first-order chi connectivity index (χ1) is 13.9. The Bertz CT molecular complexity index is 1060. The first-order valence-electron chi connectivity index (χ1n) is 8.43. The van der Waals surface area contributed by atoms with Gasteiger partial charge in [0.15, 0.2) is 5.75 Å². The van der Waals surface area contributed by atoms with Gasteiger partial charge in [-0.15, -0.1) is 4.52 Å². The Kier molecular flexibility index (Phi) is 6.68. The van der Waals surface area contributed by atoms with E-state index < -0.39 is 37.9 Å². The van der Waals surface area contributed by atoms with Gasteiger partial charge in [-0.1, -0.05) is 16.7 Å². The van der Waals surface area contributed by atoms with Crippen molar-refractivity contribution in [2.24, 2.45) is 5.11 Å². The maximum atomic E-state index is 12.1. The first kappa shape index (κ1) is 21.0. The van der Waals surface area contributed by atoms with Crippen LogP contribution in [0.2, 0.25) is 5.02 Å². The van der Waals surface area contributed by atoms with E-state index >= 15 is 0 Å². The number of halogens is 1. The molecule has 4 atom stereocenters. The molecule has 0 radical (unpaired) electrons. The third-order valence-corrected chi connectivity index (χ3v) is 5.17. The summed E-state index contributed by atoms with van der Waals surface area (Å²) in [5.74, 6) is 0.308. The van der Waals surface area contributed by atoms with Gasteiger partial charge >= 0.3 is 13.9 Å². The Morgan fingerprint density at radius 2 is 2.14 bits per heavy atom. The zero-order valence-corrected chi connectivity index (χ0v) is 16.7. The zero-order valence-electron chi connectivity index (χ0n) is 15.1. The molecule has 0 aliphatic carbocycles.